The normalized spacial score (nSPS) is 17.3. The molecule has 1 aliphatic rings. The molecular formula is C16H18ClF3N4O3. The summed E-state index contributed by atoms with van der Waals surface area (Å²) < 4.78 is 47.1. The third-order valence-electron chi connectivity index (χ3n) is 3.97. The summed E-state index contributed by atoms with van der Waals surface area (Å²) in [5.41, 5.74) is 0.964. The summed E-state index contributed by atoms with van der Waals surface area (Å²) in [6.45, 7) is 1.83. The highest BCUT2D eigenvalue weighted by Crippen LogP contribution is 2.29. The van der Waals surface area contributed by atoms with E-state index in [9.17, 15) is 18.0 Å². The first-order valence-corrected chi connectivity index (χ1v) is 7.93. The molecule has 1 aromatic carbocycles. The van der Waals surface area contributed by atoms with Gasteiger partial charge in [0.25, 0.3) is 0 Å². The maximum atomic E-state index is 12.5. The lowest BCUT2D eigenvalue weighted by molar-refractivity contribution is -0.159. The first kappa shape index (κ1) is 21.1. The molecule has 0 bridgehead atoms. The Hall–Kier alpha value is -2.17. The zero-order valence-electron chi connectivity index (χ0n) is 14.3. The average molecular weight is 407 g/mol. The van der Waals surface area contributed by atoms with Gasteiger partial charge < -0.3 is 19.5 Å². The second-order valence-corrected chi connectivity index (χ2v) is 5.85. The lowest BCUT2D eigenvalue weighted by Crippen LogP contribution is -2.44. The van der Waals surface area contributed by atoms with Gasteiger partial charge in [0.05, 0.1) is 13.2 Å². The minimum atomic E-state index is -4.69. The fourth-order valence-corrected chi connectivity index (χ4v) is 2.53. The van der Waals surface area contributed by atoms with Gasteiger partial charge in [0.2, 0.25) is 11.7 Å². The van der Waals surface area contributed by atoms with E-state index in [-0.39, 0.29) is 36.6 Å². The molecular weight excluding hydrogens is 389 g/mol. The number of carbonyl (C=O) groups is 1. The van der Waals surface area contributed by atoms with Crippen LogP contribution in [0.4, 0.5) is 18.9 Å². The summed E-state index contributed by atoms with van der Waals surface area (Å²) in [6, 6.07) is 6.26. The Bertz CT molecular complexity index is 761. The molecule has 2 aromatic rings. The van der Waals surface area contributed by atoms with Gasteiger partial charge in [-0.15, -0.1) is 12.4 Å². The van der Waals surface area contributed by atoms with E-state index in [4.69, 9.17) is 4.74 Å². The van der Waals surface area contributed by atoms with Crippen molar-refractivity contribution < 1.29 is 27.2 Å². The van der Waals surface area contributed by atoms with Crippen molar-refractivity contribution in [1.82, 2.24) is 15.5 Å². The van der Waals surface area contributed by atoms with E-state index >= 15 is 0 Å². The minimum Gasteiger partial charge on any atom is -0.378 e. The zero-order chi connectivity index (χ0) is 18.7. The summed E-state index contributed by atoms with van der Waals surface area (Å²) in [5.74, 6) is -1.66. The fraction of sp³-hybridized carbons (Fsp3) is 0.438. The van der Waals surface area contributed by atoms with Crippen LogP contribution in [-0.2, 0) is 15.7 Å². The molecule has 2 heterocycles. The van der Waals surface area contributed by atoms with Crippen molar-refractivity contribution in [2.45, 2.75) is 18.6 Å². The third kappa shape index (κ3) is 5.18. The van der Waals surface area contributed by atoms with Crippen LogP contribution in [0.3, 0.4) is 0 Å². The molecule has 1 aromatic heterocycles. The van der Waals surface area contributed by atoms with Crippen LogP contribution in [0.2, 0.25) is 0 Å². The Labute approximate surface area is 159 Å². The number of ether oxygens (including phenoxy) is 1. The summed E-state index contributed by atoms with van der Waals surface area (Å²) in [7, 11) is 1.64. The van der Waals surface area contributed by atoms with E-state index in [0.717, 1.165) is 0 Å². The first-order chi connectivity index (χ1) is 12.3. The number of aromatic nitrogens is 2. The molecule has 1 amide bonds. The minimum absolute atomic E-state index is 0. The summed E-state index contributed by atoms with van der Waals surface area (Å²) >= 11 is 0. The Balaban J connectivity index is 0.00000261. The fourth-order valence-electron chi connectivity index (χ4n) is 2.53. The van der Waals surface area contributed by atoms with Crippen LogP contribution < -0.4 is 10.2 Å². The smallest absolute Gasteiger partial charge is 0.378 e. The van der Waals surface area contributed by atoms with Crippen molar-refractivity contribution in [2.75, 3.05) is 31.7 Å². The molecule has 148 valence electrons. The number of rotatable bonds is 4. The molecule has 0 saturated carbocycles. The molecule has 1 saturated heterocycles. The molecule has 27 heavy (non-hydrogen) atoms. The number of alkyl halides is 3. The molecule has 1 aliphatic heterocycles. The zero-order valence-corrected chi connectivity index (χ0v) is 15.1. The van der Waals surface area contributed by atoms with Gasteiger partial charge in [-0.2, -0.15) is 18.2 Å². The Morgan fingerprint density at radius 1 is 1.33 bits per heavy atom. The van der Waals surface area contributed by atoms with Gasteiger partial charge in [-0.3, -0.25) is 4.79 Å². The lowest BCUT2D eigenvalue weighted by atomic mass is 10.1. The number of hydrogen-bond acceptors (Lipinski definition) is 6. The van der Waals surface area contributed by atoms with Crippen LogP contribution >= 0.6 is 12.4 Å². The molecule has 11 heteroatoms. The van der Waals surface area contributed by atoms with Crippen LogP contribution in [-0.4, -0.2) is 48.9 Å². The van der Waals surface area contributed by atoms with Crippen molar-refractivity contribution in [3.63, 3.8) is 0 Å². The molecule has 7 nitrogen and oxygen atoms in total. The maximum Gasteiger partial charge on any atom is 0.471 e. The lowest BCUT2D eigenvalue weighted by Gasteiger charge is -2.25. The predicted molar refractivity (Wildman–Crippen MR) is 92.6 cm³/mol. The topological polar surface area (TPSA) is 80.5 Å². The van der Waals surface area contributed by atoms with Crippen molar-refractivity contribution in [3.05, 3.63) is 30.2 Å². The van der Waals surface area contributed by atoms with E-state index in [2.05, 4.69) is 20.0 Å². The molecule has 0 unspecified atom stereocenters. The van der Waals surface area contributed by atoms with Crippen molar-refractivity contribution in [3.8, 4) is 11.4 Å². The molecule has 1 fully saturated rings. The SMILES string of the molecule is CN(C(=O)C[C@H]1COCCN1)c1ccc(-c2noc(C(F)(F)F)n2)cc1.Cl. The summed E-state index contributed by atoms with van der Waals surface area (Å²) in [4.78, 5) is 17.2. The van der Waals surface area contributed by atoms with Crippen molar-refractivity contribution in [2.24, 2.45) is 0 Å². The van der Waals surface area contributed by atoms with E-state index in [1.54, 1.807) is 19.2 Å². The van der Waals surface area contributed by atoms with Crippen molar-refractivity contribution >= 4 is 24.0 Å². The van der Waals surface area contributed by atoms with Gasteiger partial charge in [-0.25, -0.2) is 0 Å². The molecule has 1 N–H and O–H groups in total. The number of morpholine rings is 1. The van der Waals surface area contributed by atoms with Crippen LogP contribution in [0, 0.1) is 0 Å². The number of halogens is 4. The van der Waals surface area contributed by atoms with Crippen LogP contribution in [0.5, 0.6) is 0 Å². The number of anilines is 1. The van der Waals surface area contributed by atoms with Gasteiger partial charge >= 0.3 is 12.1 Å². The van der Waals surface area contributed by atoms with E-state index in [1.807, 2.05) is 0 Å². The second kappa shape index (κ2) is 8.68. The highest BCUT2D eigenvalue weighted by Gasteiger charge is 2.38. The number of benzene rings is 1. The molecule has 3 rings (SSSR count). The van der Waals surface area contributed by atoms with Crippen LogP contribution in [0.1, 0.15) is 12.3 Å². The van der Waals surface area contributed by atoms with Crippen LogP contribution in [0.15, 0.2) is 28.8 Å². The number of nitrogens with one attached hydrogen (secondary N) is 1. The number of carbonyl (C=O) groups excluding carboxylic acids is 1. The largest absolute Gasteiger partial charge is 0.471 e. The highest BCUT2D eigenvalue weighted by atomic mass is 35.5. The molecule has 0 aliphatic carbocycles. The van der Waals surface area contributed by atoms with Gasteiger partial charge in [0.1, 0.15) is 0 Å². The molecule has 0 radical (unpaired) electrons. The predicted octanol–water partition coefficient (Wildman–Crippen LogP) is 2.52. The molecule has 0 spiro atoms. The van der Waals surface area contributed by atoms with Gasteiger partial charge in [0.15, 0.2) is 0 Å². The Morgan fingerprint density at radius 3 is 2.59 bits per heavy atom. The summed E-state index contributed by atoms with van der Waals surface area (Å²) in [6.07, 6.45) is -4.40. The number of nitrogens with zero attached hydrogens (tertiary/aromatic N) is 3. The van der Waals surface area contributed by atoms with Gasteiger partial charge in [-0.1, -0.05) is 5.16 Å². The maximum absolute atomic E-state index is 12.5. The quantitative estimate of drug-likeness (QED) is 0.840. The summed E-state index contributed by atoms with van der Waals surface area (Å²) in [5, 5.41) is 6.54. The van der Waals surface area contributed by atoms with Crippen molar-refractivity contribution in [1.29, 1.82) is 0 Å². The second-order valence-electron chi connectivity index (χ2n) is 5.85. The third-order valence-corrected chi connectivity index (χ3v) is 3.97. The average Bonchev–Trinajstić information content (AvgIpc) is 3.12. The van der Waals surface area contributed by atoms with Gasteiger partial charge in [-0.05, 0) is 24.3 Å². The Morgan fingerprint density at radius 2 is 2.04 bits per heavy atom. The van der Waals surface area contributed by atoms with E-state index in [0.29, 0.717) is 31.0 Å². The van der Waals surface area contributed by atoms with E-state index in [1.165, 1.54) is 17.0 Å². The van der Waals surface area contributed by atoms with Crippen LogP contribution in [0.25, 0.3) is 11.4 Å². The number of amides is 1. The monoisotopic (exact) mass is 406 g/mol. The van der Waals surface area contributed by atoms with Gasteiger partial charge in [0, 0.05) is 37.3 Å². The Kier molecular flexibility index (Phi) is 6.79. The van der Waals surface area contributed by atoms with E-state index < -0.39 is 12.1 Å². The number of hydrogen-bond donors (Lipinski definition) is 1. The molecule has 1 atom stereocenters. The highest BCUT2D eigenvalue weighted by molar-refractivity contribution is 5.93. The standard InChI is InChI=1S/C16H17F3N4O3.ClH/c1-23(13(24)8-11-9-25-7-6-20-11)12-4-2-10(3-5-12)14-21-15(26-22-14)16(17,18)19;/h2-5,11,20H,6-9H2,1H3;1H/t11-;/m0./s1. The first-order valence-electron chi connectivity index (χ1n) is 7.93.